The van der Waals surface area contributed by atoms with Crippen molar-refractivity contribution in [2.45, 2.75) is 57.3 Å². The Morgan fingerprint density at radius 1 is 1.19 bits per heavy atom. The third kappa shape index (κ3) is 3.80. The number of hydrogen-bond acceptors (Lipinski definition) is 9. The van der Waals surface area contributed by atoms with Crippen molar-refractivity contribution >= 4 is 23.2 Å². The Bertz CT molecular complexity index is 1240. The molecule has 0 unspecified atom stereocenters. The minimum Gasteiger partial charge on any atom is -0.508 e. The van der Waals surface area contributed by atoms with E-state index < -0.39 is 58.0 Å². The third-order valence-electron chi connectivity index (χ3n) is 7.41. The Labute approximate surface area is 209 Å². The molecule has 10 nitrogen and oxygen atoms in total. The summed E-state index contributed by atoms with van der Waals surface area (Å²) in [4.78, 5) is 40.3. The summed E-state index contributed by atoms with van der Waals surface area (Å²) in [5, 5.41) is 47.7. The number of phenols is 1. The Morgan fingerprint density at radius 3 is 2.39 bits per heavy atom. The number of likely N-dealkylation sites (N-methyl/N-ethyl adjacent to an activating group) is 1. The molecule has 10 heteroatoms. The lowest BCUT2D eigenvalue weighted by atomic mass is 9.57. The standard InChI is InChI=1S/C26H33N3O7/c1-25(2,3)28-10-11-6-12-8-13-9-14-19(29(4)5)21(32)18(24(27)35)23(34)26(14,36)22(33)17(13)20(31)16(12)15(30)7-11/h6-7,13-14,19,28,30-31,34,36H,8-10H2,1-5H3,(H2,27,35)/t13-,14-,19-,26-/m0/s1. The highest BCUT2D eigenvalue weighted by Gasteiger charge is 2.64. The molecule has 0 heterocycles. The molecular weight excluding hydrogens is 466 g/mol. The highest BCUT2D eigenvalue weighted by Crippen LogP contribution is 2.52. The molecule has 1 aromatic carbocycles. The number of nitrogens with zero attached hydrogens (tertiary/aromatic N) is 1. The quantitative estimate of drug-likeness (QED) is 0.328. The number of nitrogens with two attached hydrogens (primary N) is 1. The second-order valence-electron chi connectivity index (χ2n) is 11.2. The van der Waals surface area contributed by atoms with Gasteiger partial charge in [-0.15, -0.1) is 0 Å². The highest BCUT2D eigenvalue weighted by atomic mass is 16.3. The molecule has 7 N–H and O–H groups in total. The maximum absolute atomic E-state index is 13.7. The lowest BCUT2D eigenvalue weighted by molar-refractivity contribution is -0.153. The molecule has 36 heavy (non-hydrogen) atoms. The average molecular weight is 500 g/mol. The Balaban J connectivity index is 1.86. The fraction of sp³-hybridized carbons (Fsp3) is 0.500. The van der Waals surface area contributed by atoms with Crippen molar-refractivity contribution in [1.29, 1.82) is 0 Å². The number of hydrogen-bond donors (Lipinski definition) is 6. The van der Waals surface area contributed by atoms with Gasteiger partial charge in [-0.25, -0.2) is 0 Å². The van der Waals surface area contributed by atoms with Gasteiger partial charge in [0.1, 0.15) is 22.8 Å². The fourth-order valence-electron chi connectivity index (χ4n) is 5.80. The maximum Gasteiger partial charge on any atom is 0.255 e. The number of benzene rings is 1. The van der Waals surface area contributed by atoms with E-state index in [1.165, 1.54) is 11.0 Å². The van der Waals surface area contributed by atoms with Gasteiger partial charge in [-0.2, -0.15) is 0 Å². The first kappa shape index (κ1) is 25.9. The van der Waals surface area contributed by atoms with Gasteiger partial charge in [0.25, 0.3) is 5.91 Å². The largest absolute Gasteiger partial charge is 0.508 e. The van der Waals surface area contributed by atoms with E-state index in [-0.39, 0.29) is 35.3 Å². The normalized spacial score (nSPS) is 28.2. The molecule has 0 bridgehead atoms. The van der Waals surface area contributed by atoms with E-state index in [1.807, 2.05) is 26.8 Å². The SMILES string of the molecule is CN(C)[C@@H]1C(=O)C(C(N)=O)=C(O)[C@@]2(O)C(=O)C3=C(O)c4c(O)cc(CNC(C)(C)C)cc4C[C@H]3C[C@@H]12. The molecule has 4 atom stereocenters. The number of primary amides is 1. The molecule has 3 aliphatic carbocycles. The van der Waals surface area contributed by atoms with Crippen LogP contribution in [0.15, 0.2) is 29.0 Å². The number of aliphatic hydroxyl groups excluding tert-OH is 2. The summed E-state index contributed by atoms with van der Waals surface area (Å²) in [6.07, 6.45) is 0.336. The second kappa shape index (κ2) is 8.43. The lowest BCUT2D eigenvalue weighted by Crippen LogP contribution is -2.65. The number of fused-ring (bicyclic) bond motifs is 3. The summed E-state index contributed by atoms with van der Waals surface area (Å²) >= 11 is 0. The van der Waals surface area contributed by atoms with Crippen LogP contribution in [-0.4, -0.2) is 74.1 Å². The van der Waals surface area contributed by atoms with Crippen molar-refractivity contribution < 1.29 is 34.8 Å². The van der Waals surface area contributed by atoms with Gasteiger partial charge in [-0.1, -0.05) is 6.07 Å². The van der Waals surface area contributed by atoms with Crippen molar-refractivity contribution in [2.75, 3.05) is 14.1 Å². The summed E-state index contributed by atoms with van der Waals surface area (Å²) in [6, 6.07) is 2.26. The van der Waals surface area contributed by atoms with E-state index in [9.17, 15) is 34.8 Å². The number of aliphatic hydroxyl groups is 3. The lowest BCUT2D eigenvalue weighted by Gasteiger charge is -2.50. The van der Waals surface area contributed by atoms with Gasteiger partial charge in [0.2, 0.25) is 5.78 Å². The maximum atomic E-state index is 13.7. The van der Waals surface area contributed by atoms with Gasteiger partial charge in [-0.05, 0) is 70.8 Å². The molecule has 0 aliphatic heterocycles. The van der Waals surface area contributed by atoms with Gasteiger partial charge >= 0.3 is 0 Å². The predicted molar refractivity (Wildman–Crippen MR) is 131 cm³/mol. The molecular formula is C26H33N3O7. The summed E-state index contributed by atoms with van der Waals surface area (Å²) in [5.41, 5.74) is 3.07. The van der Waals surface area contributed by atoms with Crippen molar-refractivity contribution in [3.63, 3.8) is 0 Å². The molecule has 1 fully saturated rings. The van der Waals surface area contributed by atoms with E-state index in [1.54, 1.807) is 14.1 Å². The zero-order chi connectivity index (χ0) is 26.9. The van der Waals surface area contributed by atoms with E-state index in [2.05, 4.69) is 5.32 Å². The molecule has 3 aliphatic rings. The van der Waals surface area contributed by atoms with Crippen molar-refractivity contribution in [1.82, 2.24) is 10.2 Å². The number of ketones is 2. The van der Waals surface area contributed by atoms with Gasteiger partial charge in [0, 0.05) is 23.6 Å². The minimum absolute atomic E-state index is 0.0665. The van der Waals surface area contributed by atoms with Gasteiger partial charge in [0.15, 0.2) is 11.4 Å². The first-order valence-electron chi connectivity index (χ1n) is 11.8. The summed E-state index contributed by atoms with van der Waals surface area (Å²) in [5.74, 6) is -6.51. The third-order valence-corrected chi connectivity index (χ3v) is 7.41. The summed E-state index contributed by atoms with van der Waals surface area (Å²) < 4.78 is 0. The summed E-state index contributed by atoms with van der Waals surface area (Å²) in [6.45, 7) is 6.52. The van der Waals surface area contributed by atoms with E-state index in [0.717, 1.165) is 5.56 Å². The number of rotatable bonds is 4. The Kier molecular flexibility index (Phi) is 6.06. The van der Waals surface area contributed by atoms with Crippen molar-refractivity contribution in [3.8, 4) is 5.75 Å². The van der Waals surface area contributed by atoms with Crippen LogP contribution < -0.4 is 11.1 Å². The van der Waals surface area contributed by atoms with Crippen LogP contribution >= 0.6 is 0 Å². The number of carbonyl (C=O) groups excluding carboxylic acids is 3. The molecule has 1 saturated carbocycles. The average Bonchev–Trinajstić information content (AvgIpc) is 2.73. The van der Waals surface area contributed by atoms with E-state index in [4.69, 9.17) is 5.73 Å². The van der Waals surface area contributed by atoms with Crippen LogP contribution in [0.2, 0.25) is 0 Å². The topological polar surface area (TPSA) is 173 Å². The molecule has 0 aromatic heterocycles. The zero-order valence-electron chi connectivity index (χ0n) is 21.0. The molecule has 1 aromatic rings. The minimum atomic E-state index is -2.63. The first-order chi connectivity index (χ1) is 16.6. The summed E-state index contributed by atoms with van der Waals surface area (Å²) in [7, 11) is 3.14. The number of phenolic OH excluding ortho intramolecular Hbond substituents is 1. The molecule has 0 spiro atoms. The molecule has 0 radical (unpaired) electrons. The number of carbonyl (C=O) groups is 3. The fourth-order valence-corrected chi connectivity index (χ4v) is 5.80. The van der Waals surface area contributed by atoms with Crippen LogP contribution in [0.25, 0.3) is 5.76 Å². The molecule has 194 valence electrons. The highest BCUT2D eigenvalue weighted by molar-refractivity contribution is 6.24. The predicted octanol–water partition coefficient (Wildman–Crippen LogP) is 0.852. The van der Waals surface area contributed by atoms with Gasteiger partial charge in [-0.3, -0.25) is 19.3 Å². The van der Waals surface area contributed by atoms with E-state index in [0.29, 0.717) is 12.1 Å². The second-order valence-corrected chi connectivity index (χ2v) is 11.2. The van der Waals surface area contributed by atoms with Crippen LogP contribution in [0.5, 0.6) is 5.75 Å². The molecule has 1 amide bonds. The van der Waals surface area contributed by atoms with Crippen molar-refractivity contribution in [3.05, 3.63) is 45.7 Å². The molecule has 4 rings (SSSR count). The number of nitrogens with one attached hydrogen (secondary N) is 1. The van der Waals surface area contributed by atoms with Crippen LogP contribution in [0.3, 0.4) is 0 Å². The monoisotopic (exact) mass is 499 g/mol. The van der Waals surface area contributed by atoms with Gasteiger partial charge < -0.3 is 31.5 Å². The first-order valence-corrected chi connectivity index (χ1v) is 11.8. The van der Waals surface area contributed by atoms with Crippen LogP contribution in [0, 0.1) is 11.8 Å². The number of aromatic hydroxyl groups is 1. The molecule has 0 saturated heterocycles. The smallest absolute Gasteiger partial charge is 0.255 e. The van der Waals surface area contributed by atoms with Crippen molar-refractivity contribution in [2.24, 2.45) is 17.6 Å². The van der Waals surface area contributed by atoms with Crippen LogP contribution in [0.4, 0.5) is 0 Å². The van der Waals surface area contributed by atoms with Gasteiger partial charge in [0.05, 0.1) is 11.6 Å². The van der Waals surface area contributed by atoms with Crippen LogP contribution in [0.1, 0.15) is 43.9 Å². The zero-order valence-corrected chi connectivity index (χ0v) is 21.0. The Morgan fingerprint density at radius 2 is 1.83 bits per heavy atom. The number of Topliss-reactive ketones (excluding diaryl/α,β-unsaturated/α-hetero) is 2. The van der Waals surface area contributed by atoms with Crippen LogP contribution in [-0.2, 0) is 27.3 Å². The van der Waals surface area contributed by atoms with E-state index >= 15 is 0 Å². The number of amides is 1. The Hall–Kier alpha value is -3.21.